The van der Waals surface area contributed by atoms with E-state index in [9.17, 15) is 13.2 Å². The van der Waals surface area contributed by atoms with Gasteiger partial charge in [0.2, 0.25) is 10.0 Å². The first kappa shape index (κ1) is 22.3. The fraction of sp³-hybridized carbons (Fsp3) is 0.611. The van der Waals surface area contributed by atoms with E-state index in [1.165, 1.54) is 0 Å². The molecule has 1 saturated heterocycles. The fourth-order valence-electron chi connectivity index (χ4n) is 2.88. The number of hydrogen-bond donors (Lipinski definition) is 1. The van der Waals surface area contributed by atoms with Crippen molar-refractivity contribution < 1.29 is 17.9 Å². The second kappa shape index (κ2) is 8.99. The monoisotopic (exact) mass is 436 g/mol. The van der Waals surface area contributed by atoms with Crippen LogP contribution in [0.4, 0.5) is 4.79 Å². The van der Waals surface area contributed by atoms with Crippen molar-refractivity contribution in [2.75, 3.05) is 19.6 Å². The van der Waals surface area contributed by atoms with E-state index >= 15 is 0 Å². The molecule has 1 heterocycles. The van der Waals surface area contributed by atoms with Crippen LogP contribution in [0.3, 0.4) is 0 Å². The van der Waals surface area contributed by atoms with Crippen LogP contribution in [0.2, 0.25) is 10.0 Å². The zero-order valence-corrected chi connectivity index (χ0v) is 18.1. The summed E-state index contributed by atoms with van der Waals surface area (Å²) in [5.41, 5.74) is -0.174. The largest absolute Gasteiger partial charge is 0.444 e. The molecule has 152 valence electrons. The van der Waals surface area contributed by atoms with Gasteiger partial charge in [-0.15, -0.1) is 0 Å². The minimum Gasteiger partial charge on any atom is -0.444 e. The summed E-state index contributed by atoms with van der Waals surface area (Å²) in [5.74, 6) is -0.253. The summed E-state index contributed by atoms with van der Waals surface area (Å²) in [5, 5.41) is 0.642. The van der Waals surface area contributed by atoms with E-state index in [1.807, 2.05) is 20.8 Å². The van der Waals surface area contributed by atoms with Gasteiger partial charge in [0.15, 0.2) is 0 Å². The molecule has 1 aromatic rings. The molecular formula is C18H26Cl2N2O4S. The zero-order chi connectivity index (χ0) is 20.2. The first-order valence-corrected chi connectivity index (χ1v) is 11.3. The van der Waals surface area contributed by atoms with E-state index in [0.717, 1.165) is 12.8 Å². The second-order valence-corrected chi connectivity index (χ2v) is 10.4. The van der Waals surface area contributed by atoms with Crippen molar-refractivity contribution in [3.05, 3.63) is 33.8 Å². The number of halogens is 2. The van der Waals surface area contributed by atoms with Crippen molar-refractivity contribution in [2.45, 2.75) is 45.0 Å². The van der Waals surface area contributed by atoms with Gasteiger partial charge in [-0.05, 0) is 51.7 Å². The van der Waals surface area contributed by atoms with Crippen molar-refractivity contribution in [1.29, 1.82) is 0 Å². The summed E-state index contributed by atoms with van der Waals surface area (Å²) >= 11 is 12.1. The Morgan fingerprint density at radius 3 is 2.52 bits per heavy atom. The topological polar surface area (TPSA) is 75.7 Å². The Bertz CT molecular complexity index is 758. The van der Waals surface area contributed by atoms with Gasteiger partial charge in [0, 0.05) is 35.2 Å². The number of nitrogens with zero attached hydrogens (tertiary/aromatic N) is 1. The van der Waals surface area contributed by atoms with Crippen molar-refractivity contribution in [3.8, 4) is 0 Å². The highest BCUT2D eigenvalue weighted by atomic mass is 35.5. The molecule has 0 radical (unpaired) electrons. The Morgan fingerprint density at radius 1 is 1.30 bits per heavy atom. The van der Waals surface area contributed by atoms with E-state index in [4.69, 9.17) is 27.9 Å². The third kappa shape index (κ3) is 7.14. The van der Waals surface area contributed by atoms with Gasteiger partial charge < -0.3 is 9.64 Å². The van der Waals surface area contributed by atoms with Gasteiger partial charge in [0.25, 0.3) is 0 Å². The number of ether oxygens (including phenoxy) is 1. The standard InChI is InChI=1S/C18H26Cl2N2O4S/c1-18(2,3)26-17(23)22-9-5-6-13(11-22)10-21-27(24,25)12-14-15(19)7-4-8-16(14)20/h4,7-8,13,21H,5-6,9-12H2,1-3H3/t13-/m1/s1. The smallest absolute Gasteiger partial charge is 0.410 e. The SMILES string of the molecule is CC(C)(C)OC(=O)N1CCC[C@H](CNS(=O)(=O)Cc2c(Cl)cccc2Cl)C1. The highest BCUT2D eigenvalue weighted by Gasteiger charge is 2.28. The minimum atomic E-state index is -3.60. The third-order valence-electron chi connectivity index (χ3n) is 4.16. The summed E-state index contributed by atoms with van der Waals surface area (Å²) in [6.45, 7) is 6.79. The molecule has 0 spiro atoms. The lowest BCUT2D eigenvalue weighted by Crippen LogP contribution is -2.45. The Labute approximate surface area is 171 Å². The van der Waals surface area contributed by atoms with Crippen LogP contribution in [0.1, 0.15) is 39.2 Å². The Kier molecular flexibility index (Phi) is 7.41. The molecule has 0 bridgehead atoms. The number of likely N-dealkylation sites (tertiary alicyclic amines) is 1. The Balaban J connectivity index is 1.92. The lowest BCUT2D eigenvalue weighted by molar-refractivity contribution is 0.0169. The summed E-state index contributed by atoms with van der Waals surface area (Å²) in [6, 6.07) is 4.89. The molecule has 1 fully saturated rings. The van der Waals surface area contributed by atoms with Crippen molar-refractivity contribution in [2.24, 2.45) is 5.92 Å². The molecular weight excluding hydrogens is 411 g/mol. The van der Waals surface area contributed by atoms with E-state index < -0.39 is 15.6 Å². The minimum absolute atomic E-state index is 0.0303. The van der Waals surface area contributed by atoms with Crippen molar-refractivity contribution in [3.63, 3.8) is 0 Å². The van der Waals surface area contributed by atoms with E-state index in [-0.39, 0.29) is 24.3 Å². The van der Waals surface area contributed by atoms with E-state index in [0.29, 0.717) is 28.7 Å². The summed E-state index contributed by atoms with van der Waals surface area (Å²) < 4.78 is 32.8. The summed E-state index contributed by atoms with van der Waals surface area (Å²) in [7, 11) is -3.60. The van der Waals surface area contributed by atoms with Crippen LogP contribution in [0, 0.1) is 5.92 Å². The molecule has 1 amide bonds. The molecule has 0 aromatic heterocycles. The maximum atomic E-state index is 12.4. The number of carbonyl (C=O) groups excluding carboxylic acids is 1. The third-order valence-corrected chi connectivity index (χ3v) is 6.14. The van der Waals surface area contributed by atoms with Crippen LogP contribution in [0.5, 0.6) is 0 Å². The molecule has 1 aliphatic rings. The molecule has 6 nitrogen and oxygen atoms in total. The quantitative estimate of drug-likeness (QED) is 0.754. The first-order chi connectivity index (χ1) is 12.5. The lowest BCUT2D eigenvalue weighted by atomic mass is 9.99. The predicted octanol–water partition coefficient (Wildman–Crippen LogP) is 4.06. The van der Waals surface area contributed by atoms with Gasteiger partial charge in [-0.1, -0.05) is 29.3 Å². The maximum absolute atomic E-state index is 12.4. The lowest BCUT2D eigenvalue weighted by Gasteiger charge is -2.34. The number of benzene rings is 1. The maximum Gasteiger partial charge on any atom is 0.410 e. The molecule has 0 unspecified atom stereocenters. The van der Waals surface area contributed by atoms with Gasteiger partial charge in [-0.3, -0.25) is 0 Å². The van der Waals surface area contributed by atoms with Gasteiger partial charge >= 0.3 is 6.09 Å². The van der Waals surface area contributed by atoms with E-state index in [1.54, 1.807) is 23.1 Å². The number of rotatable bonds is 5. The summed E-state index contributed by atoms with van der Waals surface area (Å²) in [6.07, 6.45) is 1.29. The second-order valence-electron chi connectivity index (χ2n) is 7.74. The number of nitrogens with one attached hydrogen (secondary N) is 1. The van der Waals surface area contributed by atoms with Gasteiger partial charge in [0.05, 0.1) is 5.75 Å². The number of hydrogen-bond acceptors (Lipinski definition) is 4. The van der Waals surface area contributed by atoms with Gasteiger partial charge in [-0.25, -0.2) is 17.9 Å². The van der Waals surface area contributed by atoms with E-state index in [2.05, 4.69) is 4.72 Å². The average Bonchev–Trinajstić information content (AvgIpc) is 2.55. The Hall–Kier alpha value is -1.02. The van der Waals surface area contributed by atoms with Crippen molar-refractivity contribution >= 4 is 39.3 Å². The van der Waals surface area contributed by atoms with Crippen LogP contribution in [-0.2, 0) is 20.5 Å². The number of piperidine rings is 1. The molecule has 9 heteroatoms. The number of sulfonamides is 1. The van der Waals surface area contributed by atoms with Gasteiger partial charge in [-0.2, -0.15) is 0 Å². The fourth-order valence-corrected chi connectivity index (χ4v) is 4.85. The van der Waals surface area contributed by atoms with Crippen LogP contribution in [0.15, 0.2) is 18.2 Å². The number of carbonyl (C=O) groups is 1. The molecule has 1 atom stereocenters. The predicted molar refractivity (Wildman–Crippen MR) is 108 cm³/mol. The molecule has 0 aliphatic carbocycles. The van der Waals surface area contributed by atoms with Crippen LogP contribution in [0.25, 0.3) is 0 Å². The highest BCUT2D eigenvalue weighted by molar-refractivity contribution is 7.88. The molecule has 27 heavy (non-hydrogen) atoms. The average molecular weight is 437 g/mol. The first-order valence-electron chi connectivity index (χ1n) is 8.85. The molecule has 1 N–H and O–H groups in total. The normalized spacial score (nSPS) is 18.4. The van der Waals surface area contributed by atoms with Crippen LogP contribution < -0.4 is 4.72 Å². The zero-order valence-electron chi connectivity index (χ0n) is 15.8. The van der Waals surface area contributed by atoms with Crippen LogP contribution in [-0.4, -0.2) is 44.6 Å². The molecule has 0 saturated carbocycles. The molecule has 2 rings (SSSR count). The Morgan fingerprint density at radius 2 is 1.93 bits per heavy atom. The molecule has 1 aliphatic heterocycles. The molecule has 1 aromatic carbocycles. The summed E-state index contributed by atoms with van der Waals surface area (Å²) in [4.78, 5) is 13.8. The van der Waals surface area contributed by atoms with Crippen LogP contribution >= 0.6 is 23.2 Å². The number of amides is 1. The van der Waals surface area contributed by atoms with Crippen molar-refractivity contribution in [1.82, 2.24) is 9.62 Å². The van der Waals surface area contributed by atoms with Gasteiger partial charge in [0.1, 0.15) is 5.60 Å². The highest BCUT2D eigenvalue weighted by Crippen LogP contribution is 2.26.